The molecule has 0 aliphatic carbocycles. The molecule has 12 heterocycles. The lowest BCUT2D eigenvalue weighted by molar-refractivity contribution is 1.13. The molecule has 0 atom stereocenters. The molecule has 135 heavy (non-hydrogen) atoms. The number of rotatable bonds is 12. The van der Waals surface area contributed by atoms with Crippen LogP contribution in [0, 0.1) is 0 Å². The van der Waals surface area contributed by atoms with Crippen LogP contribution in [0.5, 0.6) is 0 Å². The SMILES string of the molecule is c1ccc(-c2cc(-c3ccc4c(ccc5ccccc54)c3)cc(-c3ccc(-n4c5ccccc5c5cccnc54)cc3)n2)nc1.c1ccc(-c2cc(-c3ccc4c(ccc5ccccc54)c3)cc(-c3ccc(-n4c5ccccc5c5ccncc54)cc3)n2)nc1.c1ccc(-c2cc(-c3cccc(-n4c5ccccc5c5ncccc54)c3)cc(-c3cc4ccccc4c4ccccc34)n2)nc1. The van der Waals surface area contributed by atoms with E-state index in [2.05, 4.69) is 398 Å². The highest BCUT2D eigenvalue weighted by molar-refractivity contribution is 6.16. The standard InChI is InChI=1S/3C41H26N4/c1-2-14-31-28(11-1)24-35(33-16-4-3-15-32(31)33)37-25-29(26-38(44-37)36-18-7-8-21-42-36)27-12-9-13-30(23-27)45-39-19-6-5-17-34(39)41-40(45)20-10-22-43-41;1-2-9-33-27(8-1)14-15-30-24-29(18-21-34(30)33)31-25-38(44-39(26-31)37-12-5-6-22-42-37)28-16-19-32(20-17-28)45-40-13-4-3-10-35(40)36-11-7-23-43-41(36)45;1-2-8-33-27(7-1)12-13-30-23-29(16-19-34(30)33)31-24-38(44-39(25-31)37-10-5-6-21-43-37)28-14-17-32(18-15-28)45-40-11-4-3-9-35(40)36-20-22-42-26-41(36)45/h3*1-26H. The van der Waals surface area contributed by atoms with Gasteiger partial charge in [-0.3, -0.25) is 29.5 Å². The summed E-state index contributed by atoms with van der Waals surface area (Å²) in [5.41, 5.74) is 28.5. The monoisotopic (exact) mass is 1720 g/mol. The maximum absolute atomic E-state index is 5.23. The molecule has 0 radical (unpaired) electrons. The third-order valence-electron chi connectivity index (χ3n) is 26.1. The highest BCUT2D eigenvalue weighted by atomic mass is 15.0. The maximum atomic E-state index is 5.23. The second-order valence-corrected chi connectivity index (χ2v) is 34.0. The summed E-state index contributed by atoms with van der Waals surface area (Å²) in [7, 11) is 0. The van der Waals surface area contributed by atoms with Gasteiger partial charge in [0.25, 0.3) is 0 Å². The highest BCUT2D eigenvalue weighted by Gasteiger charge is 2.22. The Morgan fingerprint density at radius 1 is 0.163 bits per heavy atom. The Labute approximate surface area is 776 Å². The van der Waals surface area contributed by atoms with Gasteiger partial charge in [-0.05, 0) is 274 Å². The summed E-state index contributed by atoms with van der Waals surface area (Å²) in [5.74, 6) is 0. The minimum atomic E-state index is 0.840. The molecule has 15 aromatic carbocycles. The van der Waals surface area contributed by atoms with Gasteiger partial charge in [-0.15, -0.1) is 0 Å². The first-order chi connectivity index (χ1) is 66.9. The zero-order valence-electron chi connectivity index (χ0n) is 72.9. The number of para-hydroxylation sites is 3. The van der Waals surface area contributed by atoms with Gasteiger partial charge in [0.1, 0.15) is 5.65 Å². The Kier molecular flexibility index (Phi) is 19.6. The van der Waals surface area contributed by atoms with Gasteiger partial charge in [0.15, 0.2) is 0 Å². The summed E-state index contributed by atoms with van der Waals surface area (Å²) < 4.78 is 6.82. The molecule has 12 heteroatoms. The summed E-state index contributed by atoms with van der Waals surface area (Å²) in [6, 6.07) is 152. The lowest BCUT2D eigenvalue weighted by Gasteiger charge is -2.14. The predicted molar refractivity (Wildman–Crippen MR) is 556 cm³/mol. The Morgan fingerprint density at radius 2 is 0.548 bits per heavy atom. The minimum absolute atomic E-state index is 0.840. The molecular weight excluding hydrogens is 1650 g/mol. The van der Waals surface area contributed by atoms with Gasteiger partial charge in [-0.25, -0.2) is 19.9 Å². The molecule has 0 saturated carbocycles. The normalized spacial score (nSPS) is 11.6. The number of pyridine rings is 9. The molecular formula is C123H78N12. The molecule has 27 rings (SSSR count). The maximum Gasteiger partial charge on any atom is 0.145 e. The Balaban J connectivity index is 0.000000108. The zero-order chi connectivity index (χ0) is 89.2. The van der Waals surface area contributed by atoms with Gasteiger partial charge in [0.05, 0.1) is 90.5 Å². The lowest BCUT2D eigenvalue weighted by Crippen LogP contribution is -1.96. The summed E-state index contributed by atoms with van der Waals surface area (Å²) >= 11 is 0. The number of benzene rings is 15. The second-order valence-electron chi connectivity index (χ2n) is 34.0. The molecule has 630 valence electrons. The minimum Gasteiger partial charge on any atom is -0.308 e. The van der Waals surface area contributed by atoms with Crippen molar-refractivity contribution in [2.75, 3.05) is 0 Å². The van der Waals surface area contributed by atoms with Gasteiger partial charge in [0, 0.05) is 97.9 Å². The van der Waals surface area contributed by atoms with Crippen molar-refractivity contribution in [3.05, 3.63) is 474 Å². The van der Waals surface area contributed by atoms with Crippen molar-refractivity contribution in [2.45, 2.75) is 0 Å². The van der Waals surface area contributed by atoms with Crippen LogP contribution in [0.3, 0.4) is 0 Å². The van der Waals surface area contributed by atoms with E-state index in [1.54, 1.807) is 0 Å². The molecule has 0 bridgehead atoms. The van der Waals surface area contributed by atoms with E-state index in [4.69, 9.17) is 24.9 Å². The molecule has 0 spiro atoms. The zero-order valence-corrected chi connectivity index (χ0v) is 72.9. The van der Waals surface area contributed by atoms with E-state index in [-0.39, 0.29) is 0 Å². The summed E-state index contributed by atoms with van der Waals surface area (Å²) in [4.78, 5) is 43.3. The second kappa shape index (κ2) is 33.6. The van der Waals surface area contributed by atoms with Crippen LogP contribution in [0.1, 0.15) is 0 Å². The van der Waals surface area contributed by atoms with Crippen LogP contribution in [-0.2, 0) is 0 Å². The number of aromatic nitrogens is 12. The van der Waals surface area contributed by atoms with Gasteiger partial charge < -0.3 is 9.13 Å². The summed E-state index contributed by atoms with van der Waals surface area (Å²) in [6.45, 7) is 0. The molecule has 0 N–H and O–H groups in total. The summed E-state index contributed by atoms with van der Waals surface area (Å²) in [5, 5.41) is 20.7. The Morgan fingerprint density at radius 3 is 1.13 bits per heavy atom. The molecule has 0 aliphatic rings. The van der Waals surface area contributed by atoms with Crippen molar-refractivity contribution < 1.29 is 0 Å². The average Bonchev–Trinajstić information content (AvgIpc) is 1.60. The van der Waals surface area contributed by atoms with E-state index >= 15 is 0 Å². The van der Waals surface area contributed by atoms with Crippen molar-refractivity contribution >= 4 is 130 Å². The van der Waals surface area contributed by atoms with E-state index in [0.29, 0.717) is 0 Å². The first-order valence-corrected chi connectivity index (χ1v) is 45.3. The molecule has 12 nitrogen and oxygen atoms in total. The molecule has 0 amide bonds. The fourth-order valence-corrected chi connectivity index (χ4v) is 19.7. The number of hydrogen-bond acceptors (Lipinski definition) is 9. The van der Waals surface area contributed by atoms with E-state index < -0.39 is 0 Å². The fourth-order valence-electron chi connectivity index (χ4n) is 19.7. The molecule has 0 unspecified atom stereocenters. The van der Waals surface area contributed by atoms with Crippen LogP contribution in [-0.4, -0.2) is 58.6 Å². The smallest absolute Gasteiger partial charge is 0.145 e. The van der Waals surface area contributed by atoms with Crippen molar-refractivity contribution in [3.8, 4) is 118 Å². The van der Waals surface area contributed by atoms with Crippen LogP contribution in [0.4, 0.5) is 0 Å². The molecule has 12 aromatic heterocycles. The fraction of sp³-hybridized carbons (Fsp3) is 0. The molecule has 0 saturated heterocycles. The van der Waals surface area contributed by atoms with Crippen molar-refractivity contribution in [2.24, 2.45) is 0 Å². The van der Waals surface area contributed by atoms with E-state index in [0.717, 1.165) is 168 Å². The third-order valence-corrected chi connectivity index (χ3v) is 26.1. The van der Waals surface area contributed by atoms with Crippen LogP contribution in [0.25, 0.3) is 249 Å². The first kappa shape index (κ1) is 78.8. The van der Waals surface area contributed by atoms with Crippen LogP contribution in [0.2, 0.25) is 0 Å². The Hall–Kier alpha value is -18.4. The summed E-state index contributed by atoms with van der Waals surface area (Å²) in [6.07, 6.45) is 13.0. The largest absolute Gasteiger partial charge is 0.308 e. The van der Waals surface area contributed by atoms with Gasteiger partial charge in [0.2, 0.25) is 0 Å². The number of nitrogens with zero attached hydrogens (tertiary/aromatic N) is 12. The number of fused-ring (bicyclic) bond motifs is 18. The van der Waals surface area contributed by atoms with E-state index in [1.165, 1.54) is 80.8 Å². The highest BCUT2D eigenvalue weighted by Crippen LogP contribution is 2.43. The predicted octanol–water partition coefficient (Wildman–Crippen LogP) is 30.8. The first-order valence-electron chi connectivity index (χ1n) is 45.3. The third kappa shape index (κ3) is 14.4. The van der Waals surface area contributed by atoms with Crippen LogP contribution < -0.4 is 0 Å². The topological polar surface area (TPSA) is 131 Å². The van der Waals surface area contributed by atoms with Crippen molar-refractivity contribution in [1.82, 2.24) is 58.6 Å². The quantitative estimate of drug-likeness (QED) is 0.110. The molecule has 0 fully saturated rings. The van der Waals surface area contributed by atoms with Crippen LogP contribution >= 0.6 is 0 Å². The average molecular weight is 1720 g/mol. The number of hydrogen-bond donors (Lipinski definition) is 0. The van der Waals surface area contributed by atoms with Gasteiger partial charge in [-0.2, -0.15) is 0 Å². The van der Waals surface area contributed by atoms with Crippen molar-refractivity contribution in [3.63, 3.8) is 0 Å². The van der Waals surface area contributed by atoms with Crippen LogP contribution in [0.15, 0.2) is 474 Å². The lowest BCUT2D eigenvalue weighted by atomic mass is 9.94. The van der Waals surface area contributed by atoms with Crippen molar-refractivity contribution in [1.29, 1.82) is 0 Å². The van der Waals surface area contributed by atoms with Gasteiger partial charge >= 0.3 is 0 Å². The van der Waals surface area contributed by atoms with E-state index in [9.17, 15) is 0 Å². The molecule has 0 aliphatic heterocycles. The Bertz CT molecular complexity index is 8800. The van der Waals surface area contributed by atoms with Gasteiger partial charge in [-0.1, -0.05) is 255 Å². The molecule has 27 aromatic rings. The van der Waals surface area contributed by atoms with E-state index in [1.807, 2.05) is 110 Å².